The van der Waals surface area contributed by atoms with Crippen LogP contribution < -0.4 is 5.32 Å². The molecule has 0 saturated heterocycles. The average Bonchev–Trinajstić information content (AvgIpc) is 2.50. The Labute approximate surface area is 136 Å². The maximum Gasteiger partial charge on any atom is 0.141 e. The smallest absolute Gasteiger partial charge is 0.141 e. The maximum absolute atomic E-state index is 13.2. The summed E-state index contributed by atoms with van der Waals surface area (Å²) in [5.74, 6) is -0.385. The first kappa shape index (κ1) is 16.9. The van der Waals surface area contributed by atoms with Gasteiger partial charge < -0.3 is 10.2 Å². The van der Waals surface area contributed by atoms with Gasteiger partial charge in [0.15, 0.2) is 0 Å². The Hall–Kier alpha value is -1.42. The first-order valence-electron chi connectivity index (χ1n) is 7.46. The van der Waals surface area contributed by atoms with Crippen molar-refractivity contribution in [1.82, 2.24) is 10.2 Å². The van der Waals surface area contributed by atoms with Crippen LogP contribution in [-0.2, 0) is 6.54 Å². The summed E-state index contributed by atoms with van der Waals surface area (Å²) >= 11 is 5.83. The summed E-state index contributed by atoms with van der Waals surface area (Å²) in [6.07, 6.45) is 1.14. The van der Waals surface area contributed by atoms with E-state index in [0.29, 0.717) is 0 Å². The highest BCUT2D eigenvalue weighted by Crippen LogP contribution is 2.25. The summed E-state index contributed by atoms with van der Waals surface area (Å²) < 4.78 is 13.2. The van der Waals surface area contributed by atoms with Gasteiger partial charge in [-0.2, -0.15) is 0 Å². The molecule has 0 aliphatic rings. The van der Waals surface area contributed by atoms with Crippen LogP contribution in [0.4, 0.5) is 4.39 Å². The third-order valence-corrected chi connectivity index (χ3v) is 3.78. The van der Waals surface area contributed by atoms with Crippen LogP contribution in [0.2, 0.25) is 5.02 Å². The number of nitrogens with zero attached hydrogens (tertiary/aromatic N) is 1. The number of hydrogen-bond donors (Lipinski definition) is 1. The third kappa shape index (κ3) is 5.09. The van der Waals surface area contributed by atoms with Crippen molar-refractivity contribution in [1.29, 1.82) is 0 Å². The number of rotatable bonds is 7. The van der Waals surface area contributed by atoms with Crippen LogP contribution in [0, 0.1) is 5.82 Å². The lowest BCUT2D eigenvalue weighted by molar-refractivity contribution is 0.394. The van der Waals surface area contributed by atoms with Crippen molar-refractivity contribution in [3.8, 4) is 11.1 Å². The van der Waals surface area contributed by atoms with Crippen LogP contribution in [0.1, 0.15) is 12.0 Å². The lowest BCUT2D eigenvalue weighted by Crippen LogP contribution is -2.20. The fourth-order valence-corrected chi connectivity index (χ4v) is 2.42. The molecule has 0 aliphatic heterocycles. The largest absolute Gasteiger partial charge is 0.313 e. The average molecular weight is 321 g/mol. The van der Waals surface area contributed by atoms with Crippen molar-refractivity contribution in [3.63, 3.8) is 0 Å². The highest BCUT2D eigenvalue weighted by atomic mass is 35.5. The van der Waals surface area contributed by atoms with Gasteiger partial charge in [-0.15, -0.1) is 0 Å². The van der Waals surface area contributed by atoms with E-state index in [2.05, 4.69) is 36.4 Å². The molecular weight excluding hydrogens is 299 g/mol. The van der Waals surface area contributed by atoms with Gasteiger partial charge in [-0.3, -0.25) is 0 Å². The van der Waals surface area contributed by atoms with Crippen molar-refractivity contribution in [2.45, 2.75) is 13.0 Å². The minimum Gasteiger partial charge on any atom is -0.313 e. The molecule has 1 N–H and O–H groups in total. The number of halogens is 2. The van der Waals surface area contributed by atoms with E-state index in [4.69, 9.17) is 11.6 Å². The molecule has 0 spiro atoms. The normalized spacial score (nSPS) is 11.1. The van der Waals surface area contributed by atoms with Crippen LogP contribution in [-0.4, -0.2) is 32.1 Å². The Bertz CT molecular complexity index is 597. The molecule has 118 valence electrons. The quantitative estimate of drug-likeness (QED) is 0.770. The van der Waals surface area contributed by atoms with Gasteiger partial charge in [0, 0.05) is 6.54 Å². The Balaban J connectivity index is 1.88. The lowest BCUT2D eigenvalue weighted by atomic mass is 10.0. The van der Waals surface area contributed by atoms with E-state index in [0.717, 1.165) is 37.2 Å². The molecule has 2 aromatic carbocycles. The predicted molar refractivity (Wildman–Crippen MR) is 91.7 cm³/mol. The number of nitrogens with one attached hydrogen (secondary N) is 1. The molecule has 2 aromatic rings. The van der Waals surface area contributed by atoms with Crippen molar-refractivity contribution in [2.75, 3.05) is 27.2 Å². The van der Waals surface area contributed by atoms with Crippen LogP contribution in [0.25, 0.3) is 11.1 Å². The molecule has 0 fully saturated rings. The molecule has 4 heteroatoms. The second-order valence-electron chi connectivity index (χ2n) is 5.66. The fraction of sp³-hybridized carbons (Fsp3) is 0.333. The van der Waals surface area contributed by atoms with Crippen LogP contribution in [0.3, 0.4) is 0 Å². The molecule has 0 amide bonds. The Morgan fingerprint density at radius 3 is 2.36 bits per heavy atom. The summed E-state index contributed by atoms with van der Waals surface area (Å²) in [6.45, 7) is 2.96. The summed E-state index contributed by atoms with van der Waals surface area (Å²) in [5.41, 5.74) is 3.21. The van der Waals surface area contributed by atoms with E-state index < -0.39 is 0 Å². The van der Waals surface area contributed by atoms with Crippen LogP contribution in [0.15, 0.2) is 42.5 Å². The highest BCUT2D eigenvalue weighted by Gasteiger charge is 2.03. The molecule has 0 radical (unpaired) electrons. The van der Waals surface area contributed by atoms with E-state index in [1.807, 2.05) is 12.1 Å². The molecule has 2 rings (SSSR count). The summed E-state index contributed by atoms with van der Waals surface area (Å²) in [6, 6.07) is 13.1. The molecular formula is C18H22ClFN2. The van der Waals surface area contributed by atoms with Gasteiger partial charge in [-0.05, 0) is 62.4 Å². The number of hydrogen-bond acceptors (Lipinski definition) is 2. The molecule has 0 saturated carbocycles. The van der Waals surface area contributed by atoms with Gasteiger partial charge in [-0.1, -0.05) is 41.9 Å². The van der Waals surface area contributed by atoms with Crippen molar-refractivity contribution in [2.24, 2.45) is 0 Å². The van der Waals surface area contributed by atoms with Gasteiger partial charge in [0.1, 0.15) is 5.82 Å². The van der Waals surface area contributed by atoms with E-state index in [1.165, 1.54) is 11.6 Å². The summed E-state index contributed by atoms with van der Waals surface area (Å²) in [4.78, 5) is 2.18. The van der Waals surface area contributed by atoms with Crippen molar-refractivity contribution >= 4 is 11.6 Å². The van der Waals surface area contributed by atoms with Crippen LogP contribution in [0.5, 0.6) is 0 Å². The first-order chi connectivity index (χ1) is 10.6. The Morgan fingerprint density at radius 2 is 1.73 bits per heavy atom. The number of benzene rings is 2. The maximum atomic E-state index is 13.2. The van der Waals surface area contributed by atoms with E-state index >= 15 is 0 Å². The van der Waals surface area contributed by atoms with Gasteiger partial charge >= 0.3 is 0 Å². The molecule has 0 bridgehead atoms. The SMILES string of the molecule is CN(C)CCCNCc1ccc(-c2ccc(F)c(Cl)c2)cc1. The zero-order valence-electron chi connectivity index (χ0n) is 13.1. The third-order valence-electron chi connectivity index (χ3n) is 3.49. The molecule has 2 nitrogen and oxygen atoms in total. The monoisotopic (exact) mass is 320 g/mol. The lowest BCUT2D eigenvalue weighted by Gasteiger charge is -2.10. The molecule has 0 aromatic heterocycles. The minimum atomic E-state index is -0.385. The van der Waals surface area contributed by atoms with Gasteiger partial charge in [0.2, 0.25) is 0 Å². The zero-order valence-corrected chi connectivity index (χ0v) is 13.8. The highest BCUT2D eigenvalue weighted by molar-refractivity contribution is 6.31. The molecule has 0 unspecified atom stereocenters. The van der Waals surface area contributed by atoms with E-state index in [-0.39, 0.29) is 10.8 Å². The molecule has 0 aliphatic carbocycles. The van der Waals surface area contributed by atoms with Crippen molar-refractivity contribution < 1.29 is 4.39 Å². The fourth-order valence-electron chi connectivity index (χ4n) is 2.24. The minimum absolute atomic E-state index is 0.157. The van der Waals surface area contributed by atoms with Crippen LogP contribution >= 0.6 is 11.6 Å². The van der Waals surface area contributed by atoms with Crippen molar-refractivity contribution in [3.05, 3.63) is 58.9 Å². The van der Waals surface area contributed by atoms with E-state index in [1.54, 1.807) is 12.1 Å². The topological polar surface area (TPSA) is 15.3 Å². The van der Waals surface area contributed by atoms with Gasteiger partial charge in [0.05, 0.1) is 5.02 Å². The zero-order chi connectivity index (χ0) is 15.9. The summed E-state index contributed by atoms with van der Waals surface area (Å²) in [5, 5.41) is 3.59. The predicted octanol–water partition coefficient (Wildman–Crippen LogP) is 4.19. The first-order valence-corrected chi connectivity index (χ1v) is 7.84. The Morgan fingerprint density at radius 1 is 1.05 bits per heavy atom. The van der Waals surface area contributed by atoms with Gasteiger partial charge in [-0.25, -0.2) is 4.39 Å². The second-order valence-corrected chi connectivity index (χ2v) is 6.07. The Kier molecular flexibility index (Phi) is 6.37. The van der Waals surface area contributed by atoms with Gasteiger partial charge in [0.25, 0.3) is 0 Å². The molecule has 22 heavy (non-hydrogen) atoms. The molecule has 0 heterocycles. The summed E-state index contributed by atoms with van der Waals surface area (Å²) in [7, 11) is 4.17. The second kappa shape index (κ2) is 8.28. The molecule has 0 atom stereocenters. The standard InChI is InChI=1S/C18H22ClFN2/c1-22(2)11-3-10-21-13-14-4-6-15(7-5-14)16-8-9-18(20)17(19)12-16/h4-9,12,21H,3,10-11,13H2,1-2H3. The van der Waals surface area contributed by atoms with E-state index in [9.17, 15) is 4.39 Å².